The highest BCUT2D eigenvalue weighted by Gasteiger charge is 2.27. The van der Waals surface area contributed by atoms with E-state index < -0.39 is 11.2 Å². The zero-order chi connectivity index (χ0) is 14.7. The average Bonchev–Trinajstić information content (AvgIpc) is 2.52. The Morgan fingerprint density at radius 2 is 1.76 bits per heavy atom. The molecule has 0 saturated carbocycles. The van der Waals surface area contributed by atoms with Crippen LogP contribution < -0.4 is 0 Å². The van der Waals surface area contributed by atoms with Crippen molar-refractivity contribution >= 4 is 11.2 Å². The topological polar surface area (TPSA) is 23.1 Å². The SMILES string of the molecule is CCCCCCc1ccc2c(c1)Cc1ccccc1[S+]2[O-]. The first-order valence-electron chi connectivity index (χ1n) is 7.91. The van der Waals surface area contributed by atoms with Gasteiger partial charge in [0.25, 0.3) is 0 Å². The first kappa shape index (κ1) is 14.7. The fourth-order valence-electron chi connectivity index (χ4n) is 3.02. The molecule has 1 atom stereocenters. The monoisotopic (exact) mass is 298 g/mol. The lowest BCUT2D eigenvalue weighted by atomic mass is 9.99. The highest BCUT2D eigenvalue weighted by Crippen LogP contribution is 2.34. The Kier molecular flexibility index (Phi) is 4.67. The number of fused-ring (bicyclic) bond motifs is 2. The maximum atomic E-state index is 12.6. The first-order chi connectivity index (χ1) is 10.3. The number of aryl methyl sites for hydroxylation is 1. The lowest BCUT2D eigenvalue weighted by molar-refractivity contribution is 0.590. The average molecular weight is 298 g/mol. The molecule has 0 saturated heterocycles. The van der Waals surface area contributed by atoms with Gasteiger partial charge in [0.2, 0.25) is 0 Å². The summed E-state index contributed by atoms with van der Waals surface area (Å²) in [6.07, 6.45) is 7.22. The van der Waals surface area contributed by atoms with Gasteiger partial charge >= 0.3 is 0 Å². The van der Waals surface area contributed by atoms with Gasteiger partial charge in [-0.25, -0.2) is 0 Å². The van der Waals surface area contributed by atoms with Gasteiger partial charge in [-0.15, -0.1) is 0 Å². The molecule has 0 aromatic heterocycles. The molecule has 0 amide bonds. The summed E-state index contributed by atoms with van der Waals surface area (Å²) >= 11 is -1.01. The van der Waals surface area contributed by atoms with E-state index >= 15 is 0 Å². The van der Waals surface area contributed by atoms with Crippen molar-refractivity contribution in [3.63, 3.8) is 0 Å². The lowest BCUT2D eigenvalue weighted by Crippen LogP contribution is -2.14. The molecule has 2 aromatic carbocycles. The van der Waals surface area contributed by atoms with Gasteiger partial charge in [-0.2, -0.15) is 0 Å². The molecular weight excluding hydrogens is 276 g/mol. The van der Waals surface area contributed by atoms with Gasteiger partial charge in [0, 0.05) is 28.7 Å². The highest BCUT2D eigenvalue weighted by atomic mass is 32.2. The number of unbranched alkanes of at least 4 members (excludes halogenated alkanes) is 3. The van der Waals surface area contributed by atoms with E-state index in [9.17, 15) is 4.55 Å². The summed E-state index contributed by atoms with van der Waals surface area (Å²) in [5.41, 5.74) is 3.85. The van der Waals surface area contributed by atoms with Crippen LogP contribution in [-0.2, 0) is 24.0 Å². The Morgan fingerprint density at radius 1 is 0.952 bits per heavy atom. The van der Waals surface area contributed by atoms with Crippen LogP contribution in [-0.4, -0.2) is 4.55 Å². The fraction of sp³-hybridized carbons (Fsp3) is 0.368. The Bertz CT molecular complexity index is 621. The van der Waals surface area contributed by atoms with Crippen LogP contribution in [0.4, 0.5) is 0 Å². The molecule has 0 N–H and O–H groups in total. The summed E-state index contributed by atoms with van der Waals surface area (Å²) in [6.45, 7) is 2.24. The van der Waals surface area contributed by atoms with E-state index in [1.165, 1.54) is 42.4 Å². The summed E-state index contributed by atoms with van der Waals surface area (Å²) in [5.74, 6) is 0. The van der Waals surface area contributed by atoms with Crippen LogP contribution in [0.15, 0.2) is 52.3 Å². The standard InChI is InChI=1S/C19H22OS/c1-2-3-4-5-8-15-11-12-19-17(13-15)14-16-9-6-7-10-18(16)21(19)20/h6-7,9-13H,2-5,8,14H2,1H3. The normalized spacial score (nSPS) is 16.4. The minimum absolute atomic E-state index is 0.917. The van der Waals surface area contributed by atoms with Crippen molar-refractivity contribution < 1.29 is 4.55 Å². The third-order valence-electron chi connectivity index (χ3n) is 4.20. The summed E-state index contributed by atoms with van der Waals surface area (Å²) in [7, 11) is 0. The van der Waals surface area contributed by atoms with Gasteiger partial charge in [-0.3, -0.25) is 0 Å². The summed E-state index contributed by atoms with van der Waals surface area (Å²) in [4.78, 5) is 1.99. The van der Waals surface area contributed by atoms with Gasteiger partial charge in [-0.05, 0) is 30.5 Å². The van der Waals surface area contributed by atoms with E-state index in [0.29, 0.717) is 0 Å². The van der Waals surface area contributed by atoms with Crippen molar-refractivity contribution in [3.8, 4) is 0 Å². The Balaban J connectivity index is 1.78. The third kappa shape index (κ3) is 3.17. The van der Waals surface area contributed by atoms with Gasteiger partial charge in [0.05, 0.1) is 0 Å². The Labute approximate surface area is 130 Å². The van der Waals surface area contributed by atoms with Gasteiger partial charge < -0.3 is 4.55 Å². The predicted molar refractivity (Wildman–Crippen MR) is 88.2 cm³/mol. The molecule has 1 heterocycles. The van der Waals surface area contributed by atoms with E-state index in [1.54, 1.807) is 0 Å². The summed E-state index contributed by atoms with van der Waals surface area (Å²) in [6, 6.07) is 14.6. The van der Waals surface area contributed by atoms with Crippen molar-refractivity contribution in [2.75, 3.05) is 0 Å². The smallest absolute Gasteiger partial charge is 0.161 e. The van der Waals surface area contributed by atoms with Crippen LogP contribution in [0.2, 0.25) is 0 Å². The molecule has 1 unspecified atom stereocenters. The van der Waals surface area contributed by atoms with Crippen LogP contribution in [0.1, 0.15) is 49.3 Å². The minimum Gasteiger partial charge on any atom is -0.606 e. The molecule has 1 aliphatic heterocycles. The molecule has 0 aliphatic carbocycles. The maximum absolute atomic E-state index is 12.6. The van der Waals surface area contributed by atoms with Crippen molar-refractivity contribution in [1.82, 2.24) is 0 Å². The molecule has 110 valence electrons. The Hall–Kier alpha value is -1.25. The maximum Gasteiger partial charge on any atom is 0.161 e. The van der Waals surface area contributed by atoms with E-state index in [0.717, 1.165) is 22.6 Å². The van der Waals surface area contributed by atoms with Crippen molar-refractivity contribution in [2.24, 2.45) is 0 Å². The molecular formula is C19H22OS. The second-order valence-corrected chi connectivity index (χ2v) is 7.22. The second kappa shape index (κ2) is 6.67. The van der Waals surface area contributed by atoms with Crippen molar-refractivity contribution in [3.05, 3.63) is 59.2 Å². The van der Waals surface area contributed by atoms with Crippen LogP contribution in [0.25, 0.3) is 0 Å². The molecule has 1 nitrogen and oxygen atoms in total. The molecule has 3 rings (SSSR count). The van der Waals surface area contributed by atoms with Crippen LogP contribution in [0.5, 0.6) is 0 Å². The molecule has 21 heavy (non-hydrogen) atoms. The van der Waals surface area contributed by atoms with E-state index in [2.05, 4.69) is 31.2 Å². The lowest BCUT2D eigenvalue weighted by Gasteiger charge is -2.22. The third-order valence-corrected chi connectivity index (χ3v) is 5.79. The van der Waals surface area contributed by atoms with Gasteiger partial charge in [-0.1, -0.05) is 56.5 Å². The number of rotatable bonds is 5. The highest BCUT2D eigenvalue weighted by molar-refractivity contribution is 7.91. The number of hydrogen-bond acceptors (Lipinski definition) is 1. The second-order valence-electron chi connectivity index (χ2n) is 5.81. The van der Waals surface area contributed by atoms with Crippen LogP contribution >= 0.6 is 0 Å². The molecule has 2 heteroatoms. The van der Waals surface area contributed by atoms with Gasteiger partial charge in [0.1, 0.15) is 0 Å². The van der Waals surface area contributed by atoms with Crippen LogP contribution in [0.3, 0.4) is 0 Å². The molecule has 0 fully saturated rings. The first-order valence-corrected chi connectivity index (χ1v) is 9.06. The van der Waals surface area contributed by atoms with Crippen LogP contribution in [0, 0.1) is 0 Å². The van der Waals surface area contributed by atoms with Crippen molar-refractivity contribution in [1.29, 1.82) is 0 Å². The van der Waals surface area contributed by atoms with Gasteiger partial charge in [0.15, 0.2) is 9.79 Å². The Morgan fingerprint density at radius 3 is 2.62 bits per heavy atom. The summed E-state index contributed by atoms with van der Waals surface area (Å²) < 4.78 is 12.6. The zero-order valence-electron chi connectivity index (χ0n) is 12.6. The fourth-order valence-corrected chi connectivity index (χ4v) is 4.40. The van der Waals surface area contributed by atoms with E-state index in [1.807, 2.05) is 18.2 Å². The van der Waals surface area contributed by atoms with Crippen molar-refractivity contribution in [2.45, 2.75) is 55.2 Å². The minimum atomic E-state index is -1.01. The molecule has 0 spiro atoms. The largest absolute Gasteiger partial charge is 0.606 e. The summed E-state index contributed by atoms with van der Waals surface area (Å²) in [5, 5.41) is 0. The molecule has 0 bridgehead atoms. The number of benzene rings is 2. The molecule has 0 radical (unpaired) electrons. The zero-order valence-corrected chi connectivity index (χ0v) is 13.4. The predicted octanol–water partition coefficient (Wildman–Crippen LogP) is 4.88. The molecule has 1 aliphatic rings. The van der Waals surface area contributed by atoms with E-state index in [4.69, 9.17) is 0 Å². The number of hydrogen-bond donors (Lipinski definition) is 0. The van der Waals surface area contributed by atoms with E-state index in [-0.39, 0.29) is 0 Å². The quantitative estimate of drug-likeness (QED) is 0.570. The molecule has 2 aromatic rings.